The van der Waals surface area contributed by atoms with Gasteiger partial charge in [-0.15, -0.1) is 11.6 Å². The van der Waals surface area contributed by atoms with Gasteiger partial charge >= 0.3 is 0 Å². The Morgan fingerprint density at radius 3 is 2.70 bits per heavy atom. The molecule has 1 atom stereocenters. The molecular weight excluding hydrogens is 312 g/mol. The molecule has 0 spiro atoms. The Morgan fingerprint density at radius 2 is 2.15 bits per heavy atom. The van der Waals surface area contributed by atoms with Crippen LogP contribution in [-0.2, 0) is 20.4 Å². The van der Waals surface area contributed by atoms with Crippen molar-refractivity contribution in [3.63, 3.8) is 0 Å². The third kappa shape index (κ3) is 3.09. The Balaban J connectivity index is 2.21. The number of benzene rings is 1. The number of hydrogen-bond donors (Lipinski definition) is 0. The summed E-state index contributed by atoms with van der Waals surface area (Å²) in [6, 6.07) is 2.74. The van der Waals surface area contributed by atoms with Crippen molar-refractivity contribution >= 4 is 26.5 Å². The molecule has 20 heavy (non-hydrogen) atoms. The van der Waals surface area contributed by atoms with Crippen LogP contribution in [0, 0.1) is 11.6 Å². The molecule has 0 amide bonds. The molecule has 0 saturated carbocycles. The number of halogens is 3. The Labute approximate surface area is 120 Å². The number of oxime groups is 1. The second kappa shape index (κ2) is 5.29. The maximum atomic E-state index is 13.5. The van der Waals surface area contributed by atoms with Gasteiger partial charge in [-0.05, 0) is 13.0 Å². The van der Waals surface area contributed by atoms with Gasteiger partial charge in [0.25, 0.3) is 0 Å². The summed E-state index contributed by atoms with van der Waals surface area (Å²) >= 11 is 5.67. The normalized spacial score (nSPS) is 22.5. The number of nitrogens with zero attached hydrogens (tertiary/aromatic N) is 1. The van der Waals surface area contributed by atoms with E-state index in [0.29, 0.717) is 6.07 Å². The van der Waals surface area contributed by atoms with E-state index < -0.39 is 32.8 Å². The average molecular weight is 324 g/mol. The first-order valence-electron chi connectivity index (χ1n) is 5.73. The van der Waals surface area contributed by atoms with Crippen LogP contribution in [0.3, 0.4) is 0 Å². The Hall–Kier alpha value is -1.21. The van der Waals surface area contributed by atoms with E-state index in [0.717, 1.165) is 12.1 Å². The molecule has 4 nitrogen and oxygen atoms in total. The van der Waals surface area contributed by atoms with Crippen LogP contribution in [0.5, 0.6) is 0 Å². The van der Waals surface area contributed by atoms with Gasteiger partial charge in [-0.3, -0.25) is 0 Å². The molecular formula is C12H12ClF2NO3S. The summed E-state index contributed by atoms with van der Waals surface area (Å²) in [5.74, 6) is -2.19. The summed E-state index contributed by atoms with van der Waals surface area (Å²) in [5, 5.41) is 3.35. The highest BCUT2D eigenvalue weighted by Crippen LogP contribution is 2.28. The standard InChI is InChI=1S/C12H12ClF2NO3S/c1-12(7-13)5-11(16-19-12)20(17,18)6-8-2-3-9(14)4-10(8)15/h2-4H,5-7H2,1H3. The molecule has 0 N–H and O–H groups in total. The smallest absolute Gasteiger partial charge is 0.199 e. The van der Waals surface area contributed by atoms with Crippen molar-refractivity contribution in [1.82, 2.24) is 0 Å². The number of hydrogen-bond acceptors (Lipinski definition) is 4. The SMILES string of the molecule is CC1(CCl)CC(S(=O)(=O)Cc2ccc(F)cc2F)=NO1. The number of alkyl halides is 1. The van der Waals surface area contributed by atoms with Crippen LogP contribution in [0.4, 0.5) is 8.78 Å². The second-order valence-electron chi connectivity index (χ2n) is 4.83. The minimum atomic E-state index is -3.83. The molecule has 0 bridgehead atoms. The maximum Gasteiger partial charge on any atom is 0.199 e. The molecule has 1 aliphatic rings. The van der Waals surface area contributed by atoms with E-state index in [9.17, 15) is 17.2 Å². The van der Waals surface area contributed by atoms with Gasteiger partial charge in [0.15, 0.2) is 20.5 Å². The summed E-state index contributed by atoms with van der Waals surface area (Å²) in [4.78, 5) is 5.00. The number of sulfone groups is 1. The predicted molar refractivity (Wildman–Crippen MR) is 71.2 cm³/mol. The largest absolute Gasteiger partial charge is 0.387 e. The van der Waals surface area contributed by atoms with Crippen LogP contribution in [0.2, 0.25) is 0 Å². The number of rotatable bonds is 3. The van der Waals surface area contributed by atoms with Crippen LogP contribution in [0.15, 0.2) is 23.4 Å². The highest BCUT2D eigenvalue weighted by atomic mass is 35.5. The van der Waals surface area contributed by atoms with E-state index in [-0.39, 0.29) is 22.9 Å². The van der Waals surface area contributed by atoms with E-state index in [4.69, 9.17) is 16.4 Å². The van der Waals surface area contributed by atoms with Gasteiger partial charge in [0.05, 0.1) is 11.6 Å². The molecule has 1 aliphatic heterocycles. The van der Waals surface area contributed by atoms with Crippen molar-refractivity contribution in [3.05, 3.63) is 35.4 Å². The fourth-order valence-electron chi connectivity index (χ4n) is 1.71. The minimum Gasteiger partial charge on any atom is -0.387 e. The zero-order valence-corrected chi connectivity index (χ0v) is 12.1. The molecule has 1 aromatic rings. The van der Waals surface area contributed by atoms with Gasteiger partial charge < -0.3 is 4.84 Å². The van der Waals surface area contributed by atoms with Crippen molar-refractivity contribution in [3.8, 4) is 0 Å². The Kier molecular flexibility index (Phi) is 4.02. The van der Waals surface area contributed by atoms with Crippen molar-refractivity contribution in [2.24, 2.45) is 5.16 Å². The lowest BCUT2D eigenvalue weighted by Gasteiger charge is -2.16. The highest BCUT2D eigenvalue weighted by molar-refractivity contribution is 8.05. The molecule has 0 saturated heterocycles. The molecule has 1 aromatic carbocycles. The first-order valence-corrected chi connectivity index (χ1v) is 7.92. The first-order chi connectivity index (χ1) is 9.26. The molecule has 0 radical (unpaired) electrons. The van der Waals surface area contributed by atoms with E-state index in [1.165, 1.54) is 0 Å². The van der Waals surface area contributed by atoms with Crippen molar-refractivity contribution in [2.45, 2.75) is 24.7 Å². The summed E-state index contributed by atoms with van der Waals surface area (Å²) < 4.78 is 50.5. The summed E-state index contributed by atoms with van der Waals surface area (Å²) in [6.07, 6.45) is 0.0294. The van der Waals surface area contributed by atoms with Crippen molar-refractivity contribution in [2.75, 3.05) is 5.88 Å². The van der Waals surface area contributed by atoms with Gasteiger partial charge in [-0.25, -0.2) is 17.2 Å². The zero-order valence-electron chi connectivity index (χ0n) is 10.6. The zero-order chi connectivity index (χ0) is 15.0. The van der Waals surface area contributed by atoms with Gasteiger partial charge in [-0.1, -0.05) is 11.2 Å². The lowest BCUT2D eigenvalue weighted by atomic mass is 10.1. The average Bonchev–Trinajstić information content (AvgIpc) is 2.77. The molecule has 1 heterocycles. The summed E-state index contributed by atoms with van der Waals surface area (Å²) in [6.45, 7) is 1.63. The minimum absolute atomic E-state index is 0.0294. The van der Waals surface area contributed by atoms with Crippen LogP contribution in [0.25, 0.3) is 0 Å². The van der Waals surface area contributed by atoms with Gasteiger partial charge in [0, 0.05) is 18.1 Å². The fraction of sp³-hybridized carbons (Fsp3) is 0.417. The third-order valence-corrected chi connectivity index (χ3v) is 5.09. The fourth-order valence-corrected chi connectivity index (χ4v) is 3.34. The Bertz CT molecular complexity index is 663. The molecule has 110 valence electrons. The van der Waals surface area contributed by atoms with Crippen LogP contribution >= 0.6 is 11.6 Å². The molecule has 8 heteroatoms. The predicted octanol–water partition coefficient (Wildman–Crippen LogP) is 2.61. The van der Waals surface area contributed by atoms with Gasteiger partial charge in [0.2, 0.25) is 0 Å². The van der Waals surface area contributed by atoms with Crippen LogP contribution in [0.1, 0.15) is 18.9 Å². The van der Waals surface area contributed by atoms with Crippen LogP contribution in [-0.4, -0.2) is 24.9 Å². The molecule has 0 fully saturated rings. The third-order valence-electron chi connectivity index (χ3n) is 2.90. The monoisotopic (exact) mass is 323 g/mol. The highest BCUT2D eigenvalue weighted by Gasteiger charge is 2.39. The quantitative estimate of drug-likeness (QED) is 0.803. The van der Waals surface area contributed by atoms with Gasteiger partial charge in [-0.2, -0.15) is 0 Å². The second-order valence-corrected chi connectivity index (χ2v) is 7.09. The van der Waals surface area contributed by atoms with Crippen molar-refractivity contribution in [1.29, 1.82) is 0 Å². The molecule has 1 unspecified atom stereocenters. The maximum absolute atomic E-state index is 13.5. The van der Waals surface area contributed by atoms with Gasteiger partial charge in [0.1, 0.15) is 11.6 Å². The van der Waals surface area contributed by atoms with Crippen LogP contribution < -0.4 is 0 Å². The molecule has 2 rings (SSSR count). The van der Waals surface area contributed by atoms with E-state index in [1.54, 1.807) is 6.92 Å². The van der Waals surface area contributed by atoms with Crippen molar-refractivity contribution < 1.29 is 22.0 Å². The van der Waals surface area contributed by atoms with E-state index >= 15 is 0 Å². The summed E-state index contributed by atoms with van der Waals surface area (Å²) in [5.41, 5.74) is -0.987. The van der Waals surface area contributed by atoms with E-state index in [1.807, 2.05) is 0 Å². The van der Waals surface area contributed by atoms with E-state index in [2.05, 4.69) is 5.16 Å². The Morgan fingerprint density at radius 1 is 1.45 bits per heavy atom. The first kappa shape index (κ1) is 15.2. The molecule has 0 aromatic heterocycles. The lowest BCUT2D eigenvalue weighted by Crippen LogP contribution is -2.28. The lowest BCUT2D eigenvalue weighted by molar-refractivity contribution is 0.0152. The summed E-state index contributed by atoms with van der Waals surface area (Å²) in [7, 11) is -3.83. The molecule has 0 aliphatic carbocycles. The topological polar surface area (TPSA) is 55.7 Å².